The molecule has 4 N–H and O–H groups in total. The van der Waals surface area contributed by atoms with Crippen LogP contribution < -0.4 is 16.0 Å². The lowest BCUT2D eigenvalue weighted by molar-refractivity contribution is -0.119. The highest BCUT2D eigenvalue weighted by atomic mass is 127. The van der Waals surface area contributed by atoms with Gasteiger partial charge in [0.25, 0.3) is 0 Å². The first-order valence-electron chi connectivity index (χ1n) is 8.07. The van der Waals surface area contributed by atoms with Gasteiger partial charge in [0.15, 0.2) is 5.96 Å². The molecule has 22 heavy (non-hydrogen) atoms. The quantitative estimate of drug-likeness (QED) is 0.228. The van der Waals surface area contributed by atoms with Crippen molar-refractivity contribution in [2.24, 2.45) is 10.9 Å². The highest BCUT2D eigenvalue weighted by Gasteiger charge is 2.08. The van der Waals surface area contributed by atoms with Crippen LogP contribution in [0.5, 0.6) is 0 Å². The van der Waals surface area contributed by atoms with Gasteiger partial charge in [-0.25, -0.2) is 4.99 Å². The molecule has 0 bridgehead atoms. The summed E-state index contributed by atoms with van der Waals surface area (Å²) in [5.41, 5.74) is 0. The van der Waals surface area contributed by atoms with Crippen molar-refractivity contribution in [1.29, 1.82) is 0 Å². The molecule has 0 fully saturated rings. The number of aliphatic hydroxyl groups is 1. The van der Waals surface area contributed by atoms with Crippen LogP contribution in [0.15, 0.2) is 4.99 Å². The fourth-order valence-corrected chi connectivity index (χ4v) is 1.99. The third-order valence-electron chi connectivity index (χ3n) is 3.09. The van der Waals surface area contributed by atoms with Crippen LogP contribution in [0.3, 0.4) is 0 Å². The number of hydrogen-bond donors (Lipinski definition) is 4. The van der Waals surface area contributed by atoms with E-state index in [0.717, 1.165) is 38.8 Å². The van der Waals surface area contributed by atoms with Crippen LogP contribution in [0.25, 0.3) is 0 Å². The summed E-state index contributed by atoms with van der Waals surface area (Å²) in [5.74, 6) is 1.02. The highest BCUT2D eigenvalue weighted by molar-refractivity contribution is 14.0. The molecule has 0 heterocycles. The Hall–Kier alpha value is -0.570. The molecule has 0 aliphatic heterocycles. The van der Waals surface area contributed by atoms with Crippen molar-refractivity contribution in [1.82, 2.24) is 16.0 Å². The van der Waals surface area contributed by atoms with Crippen molar-refractivity contribution >= 4 is 35.8 Å². The molecule has 7 heteroatoms. The molecule has 1 unspecified atom stereocenters. The molecular weight excluding hydrogens is 395 g/mol. The van der Waals surface area contributed by atoms with Gasteiger partial charge in [-0.3, -0.25) is 4.79 Å². The second kappa shape index (κ2) is 16.8. The third kappa shape index (κ3) is 13.1. The molecule has 0 aromatic rings. The predicted octanol–water partition coefficient (Wildman–Crippen LogP) is 1.48. The molecule has 0 aromatic heterocycles. The number of carbonyl (C=O) groups is 1. The van der Waals surface area contributed by atoms with Gasteiger partial charge in [-0.05, 0) is 32.1 Å². The molecule has 132 valence electrons. The van der Waals surface area contributed by atoms with E-state index in [1.54, 1.807) is 0 Å². The summed E-state index contributed by atoms with van der Waals surface area (Å²) < 4.78 is 0. The lowest BCUT2D eigenvalue weighted by Crippen LogP contribution is -2.41. The van der Waals surface area contributed by atoms with Gasteiger partial charge in [-0.15, -0.1) is 24.0 Å². The fraction of sp³-hybridized carbons (Fsp3) is 0.867. The zero-order valence-electron chi connectivity index (χ0n) is 14.2. The SMILES string of the molecule is CCCNC(=O)CN=C(NCC)NCC(CCC)CCO.I. The van der Waals surface area contributed by atoms with Crippen LogP contribution in [0.4, 0.5) is 0 Å². The first-order valence-corrected chi connectivity index (χ1v) is 8.07. The molecule has 0 saturated carbocycles. The van der Waals surface area contributed by atoms with Crippen LogP contribution in [0.2, 0.25) is 0 Å². The summed E-state index contributed by atoms with van der Waals surface area (Å²) in [7, 11) is 0. The van der Waals surface area contributed by atoms with E-state index in [-0.39, 0.29) is 43.0 Å². The molecule has 0 rings (SSSR count). The van der Waals surface area contributed by atoms with Gasteiger partial charge in [0, 0.05) is 26.2 Å². The van der Waals surface area contributed by atoms with Gasteiger partial charge in [-0.1, -0.05) is 20.3 Å². The average molecular weight is 428 g/mol. The minimum atomic E-state index is -0.0606. The van der Waals surface area contributed by atoms with Crippen LogP contribution in [0, 0.1) is 5.92 Å². The van der Waals surface area contributed by atoms with Crippen molar-refractivity contribution in [2.45, 2.75) is 46.5 Å². The number of carbonyl (C=O) groups excluding carboxylic acids is 1. The van der Waals surface area contributed by atoms with E-state index >= 15 is 0 Å². The molecule has 0 aliphatic carbocycles. The van der Waals surface area contributed by atoms with Crippen LogP contribution in [-0.4, -0.2) is 49.8 Å². The van der Waals surface area contributed by atoms with E-state index in [1.165, 1.54) is 0 Å². The first kappa shape index (κ1) is 23.7. The largest absolute Gasteiger partial charge is 0.396 e. The monoisotopic (exact) mass is 428 g/mol. The summed E-state index contributed by atoms with van der Waals surface area (Å²) in [6.07, 6.45) is 3.88. The summed E-state index contributed by atoms with van der Waals surface area (Å²) in [5, 5.41) is 18.2. The molecule has 1 amide bonds. The number of amides is 1. The van der Waals surface area contributed by atoms with E-state index in [9.17, 15) is 4.79 Å². The normalized spacial score (nSPS) is 12.3. The van der Waals surface area contributed by atoms with Crippen LogP contribution >= 0.6 is 24.0 Å². The molecule has 0 aliphatic rings. The average Bonchev–Trinajstić information content (AvgIpc) is 2.48. The summed E-state index contributed by atoms with van der Waals surface area (Å²) in [4.78, 5) is 15.8. The van der Waals surface area contributed by atoms with Crippen molar-refractivity contribution < 1.29 is 9.90 Å². The Balaban J connectivity index is 0. The van der Waals surface area contributed by atoms with Crippen molar-refractivity contribution in [2.75, 3.05) is 32.8 Å². The van der Waals surface area contributed by atoms with Gasteiger partial charge in [0.05, 0.1) is 0 Å². The first-order chi connectivity index (χ1) is 10.2. The zero-order valence-corrected chi connectivity index (χ0v) is 16.5. The second-order valence-electron chi connectivity index (χ2n) is 5.09. The van der Waals surface area contributed by atoms with E-state index in [0.29, 0.717) is 18.4 Å². The Labute approximate surface area is 151 Å². The Kier molecular flexibility index (Phi) is 18.1. The van der Waals surface area contributed by atoms with E-state index in [4.69, 9.17) is 5.11 Å². The van der Waals surface area contributed by atoms with Crippen LogP contribution in [-0.2, 0) is 4.79 Å². The van der Waals surface area contributed by atoms with Gasteiger partial charge in [-0.2, -0.15) is 0 Å². The maximum atomic E-state index is 11.5. The molecule has 0 spiro atoms. The smallest absolute Gasteiger partial charge is 0.241 e. The second-order valence-corrected chi connectivity index (χ2v) is 5.09. The number of nitrogens with one attached hydrogen (secondary N) is 3. The van der Waals surface area contributed by atoms with Gasteiger partial charge >= 0.3 is 0 Å². The zero-order chi connectivity index (χ0) is 15.9. The standard InChI is InChI=1S/C15H32N4O2.HI/c1-4-7-13(8-10-20)11-18-15(16-6-3)19-12-14(21)17-9-5-2;/h13,20H,4-12H2,1-3H3,(H,17,21)(H2,16,18,19);1H. The summed E-state index contributed by atoms with van der Waals surface area (Å²) in [6, 6.07) is 0. The Bertz CT molecular complexity index is 295. The number of aliphatic hydroxyl groups excluding tert-OH is 1. The Morgan fingerprint density at radius 3 is 2.36 bits per heavy atom. The summed E-state index contributed by atoms with van der Waals surface area (Å²) >= 11 is 0. The fourth-order valence-electron chi connectivity index (χ4n) is 1.99. The number of aliphatic imine (C=N–C) groups is 1. The van der Waals surface area contributed by atoms with E-state index < -0.39 is 0 Å². The number of hydrogen-bond acceptors (Lipinski definition) is 3. The predicted molar refractivity (Wildman–Crippen MR) is 103 cm³/mol. The van der Waals surface area contributed by atoms with Crippen molar-refractivity contribution in [3.05, 3.63) is 0 Å². The Morgan fingerprint density at radius 2 is 1.82 bits per heavy atom. The molecule has 0 aromatic carbocycles. The molecule has 1 atom stereocenters. The number of halogens is 1. The highest BCUT2D eigenvalue weighted by Crippen LogP contribution is 2.09. The third-order valence-corrected chi connectivity index (χ3v) is 3.09. The molecule has 0 radical (unpaired) electrons. The van der Waals surface area contributed by atoms with Gasteiger partial charge in [0.2, 0.25) is 5.91 Å². The molecular formula is C15H33IN4O2. The van der Waals surface area contributed by atoms with E-state index in [1.807, 2.05) is 13.8 Å². The van der Waals surface area contributed by atoms with Gasteiger partial charge < -0.3 is 21.1 Å². The lowest BCUT2D eigenvalue weighted by atomic mass is 10.0. The topological polar surface area (TPSA) is 85.8 Å². The Morgan fingerprint density at radius 1 is 1.09 bits per heavy atom. The number of rotatable bonds is 11. The van der Waals surface area contributed by atoms with Crippen molar-refractivity contribution in [3.8, 4) is 0 Å². The van der Waals surface area contributed by atoms with E-state index in [2.05, 4.69) is 27.9 Å². The molecule has 6 nitrogen and oxygen atoms in total. The van der Waals surface area contributed by atoms with Crippen molar-refractivity contribution in [3.63, 3.8) is 0 Å². The lowest BCUT2D eigenvalue weighted by Gasteiger charge is -2.18. The number of nitrogens with zero attached hydrogens (tertiary/aromatic N) is 1. The van der Waals surface area contributed by atoms with Crippen LogP contribution in [0.1, 0.15) is 46.5 Å². The minimum Gasteiger partial charge on any atom is -0.396 e. The van der Waals surface area contributed by atoms with Gasteiger partial charge in [0.1, 0.15) is 6.54 Å². The minimum absolute atomic E-state index is 0. The number of guanidine groups is 1. The summed E-state index contributed by atoms with van der Waals surface area (Å²) in [6.45, 7) is 8.69. The maximum Gasteiger partial charge on any atom is 0.241 e. The molecule has 0 saturated heterocycles. The maximum absolute atomic E-state index is 11.5.